The second-order valence-corrected chi connectivity index (χ2v) is 13.2. The Morgan fingerprint density at radius 2 is 1.79 bits per heavy atom. The number of rotatable bonds is 7. The summed E-state index contributed by atoms with van der Waals surface area (Å²) in [5.74, 6) is 2.43. The smallest absolute Gasteiger partial charge is 0.232 e. The zero-order chi connectivity index (χ0) is 23.2. The highest BCUT2D eigenvalue weighted by Gasteiger charge is 2.69. The second kappa shape index (κ2) is 7.14. The molecule has 1 aromatic heterocycles. The van der Waals surface area contributed by atoms with E-state index in [4.69, 9.17) is 9.51 Å². The minimum atomic E-state index is -0.968. The van der Waals surface area contributed by atoms with Crippen molar-refractivity contribution in [3.8, 4) is 0 Å². The first-order valence-electron chi connectivity index (χ1n) is 12.9. The molecular formula is C27H31BrFN3O2. The second-order valence-electron chi connectivity index (χ2n) is 12.3. The first-order valence-corrected chi connectivity index (χ1v) is 13.7. The molecule has 4 bridgehead atoms. The number of hydrogen-bond donors (Lipinski definition) is 0. The molecule has 0 atom stereocenters. The monoisotopic (exact) mass is 527 g/mol. The Hall–Kier alpha value is -1.76. The highest BCUT2D eigenvalue weighted by atomic mass is 79.9. The van der Waals surface area contributed by atoms with E-state index in [0.29, 0.717) is 31.6 Å². The molecule has 5 nitrogen and oxygen atoms in total. The van der Waals surface area contributed by atoms with E-state index in [-0.39, 0.29) is 22.2 Å². The van der Waals surface area contributed by atoms with Crippen molar-refractivity contribution >= 4 is 27.5 Å². The van der Waals surface area contributed by atoms with Crippen LogP contribution in [-0.2, 0) is 10.2 Å². The van der Waals surface area contributed by atoms with Crippen molar-refractivity contribution < 1.29 is 13.7 Å². The van der Waals surface area contributed by atoms with Crippen LogP contribution in [0.4, 0.5) is 10.1 Å². The topological polar surface area (TPSA) is 59.2 Å². The Morgan fingerprint density at radius 1 is 1.09 bits per heavy atom. The summed E-state index contributed by atoms with van der Waals surface area (Å²) in [5.41, 5.74) is 0.0417. The molecule has 0 saturated heterocycles. The van der Waals surface area contributed by atoms with Gasteiger partial charge in [0.25, 0.3) is 0 Å². The van der Waals surface area contributed by atoms with E-state index in [0.717, 1.165) is 66.9 Å². The summed E-state index contributed by atoms with van der Waals surface area (Å²) in [7, 11) is 0. The lowest BCUT2D eigenvalue weighted by Crippen LogP contribution is -2.65. The molecule has 7 aliphatic rings. The summed E-state index contributed by atoms with van der Waals surface area (Å²) in [4.78, 5) is 20.5. The number of hydrogen-bond acceptors (Lipinski definition) is 4. The van der Waals surface area contributed by atoms with Crippen molar-refractivity contribution in [1.82, 2.24) is 10.1 Å². The van der Waals surface area contributed by atoms with Gasteiger partial charge in [-0.05, 0) is 99.7 Å². The molecule has 2 aromatic rings. The van der Waals surface area contributed by atoms with Gasteiger partial charge in [-0.1, -0.05) is 27.2 Å². The van der Waals surface area contributed by atoms with E-state index < -0.39 is 5.67 Å². The van der Waals surface area contributed by atoms with Crippen LogP contribution in [0.25, 0.3) is 0 Å². The van der Waals surface area contributed by atoms with Gasteiger partial charge in [0.1, 0.15) is 5.67 Å². The van der Waals surface area contributed by atoms with Crippen molar-refractivity contribution in [2.24, 2.45) is 10.8 Å². The number of carbonyl (C=O) groups is 1. The predicted octanol–water partition coefficient (Wildman–Crippen LogP) is 6.62. The fourth-order valence-corrected chi connectivity index (χ4v) is 7.93. The lowest BCUT2D eigenvalue weighted by atomic mass is 9.41. The average molecular weight is 528 g/mol. The number of halogens is 2. The average Bonchev–Trinajstić information content (AvgIpc) is 3.53. The minimum Gasteiger partial charge on any atom is -0.339 e. The fraction of sp³-hybridized carbons (Fsp3) is 0.667. The number of alkyl halides is 1. The third-order valence-corrected chi connectivity index (χ3v) is 10.2. The van der Waals surface area contributed by atoms with Crippen molar-refractivity contribution in [2.45, 2.75) is 94.1 Å². The summed E-state index contributed by atoms with van der Waals surface area (Å²) in [6.45, 7) is 0.742. The number of nitrogens with zero attached hydrogens (tertiary/aromatic N) is 3. The molecule has 7 heteroatoms. The fourth-order valence-electron chi connectivity index (χ4n) is 7.55. The number of fused-ring (bicyclic) bond motifs is 3. The van der Waals surface area contributed by atoms with Crippen molar-refractivity contribution in [3.63, 3.8) is 0 Å². The van der Waals surface area contributed by atoms with Gasteiger partial charge in [0.15, 0.2) is 5.82 Å². The van der Waals surface area contributed by atoms with Crippen molar-refractivity contribution in [1.29, 1.82) is 0 Å². The standard InChI is InChI=1S/C27H31BrFN3O2/c28-19-2-1-3-20(12-19)32(21(33)13-25-14-27(29,15-25)16-25)17-24-6-9-26(10-7-24,11-8-24)23-30-22(31-34-23)18-4-5-18/h1-3,12,18H,4-11,13-17H2. The molecule has 7 aliphatic carbocycles. The molecule has 7 fully saturated rings. The maximum absolute atomic E-state index is 14.1. The molecule has 0 N–H and O–H groups in total. The van der Waals surface area contributed by atoms with Gasteiger partial charge in [-0.3, -0.25) is 4.79 Å². The molecule has 34 heavy (non-hydrogen) atoms. The molecule has 1 heterocycles. The van der Waals surface area contributed by atoms with Gasteiger partial charge in [-0.15, -0.1) is 0 Å². The van der Waals surface area contributed by atoms with Crippen molar-refractivity contribution in [2.75, 3.05) is 11.4 Å². The van der Waals surface area contributed by atoms with Gasteiger partial charge in [0, 0.05) is 34.5 Å². The van der Waals surface area contributed by atoms with E-state index in [9.17, 15) is 9.18 Å². The molecule has 0 unspecified atom stereocenters. The van der Waals surface area contributed by atoms with E-state index in [1.54, 1.807) is 0 Å². The zero-order valence-electron chi connectivity index (χ0n) is 19.5. The molecule has 1 aromatic carbocycles. The van der Waals surface area contributed by atoms with Gasteiger partial charge in [0.2, 0.25) is 11.8 Å². The number of benzene rings is 1. The van der Waals surface area contributed by atoms with Crippen LogP contribution in [0.2, 0.25) is 0 Å². The Morgan fingerprint density at radius 3 is 2.41 bits per heavy atom. The highest BCUT2D eigenvalue weighted by Crippen LogP contribution is 2.71. The minimum absolute atomic E-state index is 0.0216. The van der Waals surface area contributed by atoms with Crippen LogP contribution in [-0.4, -0.2) is 28.3 Å². The Kier molecular flexibility index (Phi) is 4.52. The first-order chi connectivity index (χ1) is 16.3. The molecule has 0 spiro atoms. The normalized spacial score (nSPS) is 37.7. The van der Waals surface area contributed by atoms with Gasteiger partial charge >= 0.3 is 0 Å². The summed E-state index contributed by atoms with van der Waals surface area (Å²) < 4.78 is 20.9. The number of carbonyl (C=O) groups excluding carboxylic acids is 1. The van der Waals surface area contributed by atoms with Crippen molar-refractivity contribution in [3.05, 3.63) is 40.5 Å². The first kappa shape index (κ1) is 21.5. The van der Waals surface area contributed by atoms with Gasteiger partial charge < -0.3 is 9.42 Å². The van der Waals surface area contributed by atoms with Crippen LogP contribution in [0.5, 0.6) is 0 Å². The number of amides is 1. The van der Waals surface area contributed by atoms with Crippen LogP contribution in [0.15, 0.2) is 33.3 Å². The molecule has 0 aliphatic heterocycles. The Balaban J connectivity index is 1.10. The maximum Gasteiger partial charge on any atom is 0.232 e. The van der Waals surface area contributed by atoms with Crippen LogP contribution in [0.1, 0.15) is 94.7 Å². The van der Waals surface area contributed by atoms with E-state index >= 15 is 0 Å². The number of aromatic nitrogens is 2. The summed E-state index contributed by atoms with van der Waals surface area (Å²) >= 11 is 3.58. The molecule has 180 valence electrons. The van der Waals surface area contributed by atoms with E-state index in [1.165, 1.54) is 12.8 Å². The maximum atomic E-state index is 14.1. The highest BCUT2D eigenvalue weighted by molar-refractivity contribution is 9.10. The summed E-state index contributed by atoms with van der Waals surface area (Å²) in [5, 5.41) is 4.29. The molecule has 1 amide bonds. The quantitative estimate of drug-likeness (QED) is 0.406. The lowest BCUT2D eigenvalue weighted by molar-refractivity contribution is -0.215. The summed E-state index contributed by atoms with van der Waals surface area (Å²) in [6, 6.07) is 8.07. The molecule has 9 rings (SSSR count). The third kappa shape index (κ3) is 3.40. The van der Waals surface area contributed by atoms with Gasteiger partial charge in [-0.25, -0.2) is 4.39 Å². The molecular weight excluding hydrogens is 497 g/mol. The zero-order valence-corrected chi connectivity index (χ0v) is 21.1. The van der Waals surface area contributed by atoms with Crippen LogP contribution >= 0.6 is 15.9 Å². The summed E-state index contributed by atoms with van der Waals surface area (Å²) in [6.07, 6.45) is 10.9. The number of anilines is 1. The van der Waals surface area contributed by atoms with Gasteiger partial charge in [-0.2, -0.15) is 4.98 Å². The Labute approximate surface area is 208 Å². The van der Waals surface area contributed by atoms with Crippen LogP contribution in [0, 0.1) is 10.8 Å². The lowest BCUT2D eigenvalue weighted by Gasteiger charge is -2.66. The molecule has 7 saturated carbocycles. The Bertz CT molecular complexity index is 1110. The molecule has 0 radical (unpaired) electrons. The van der Waals surface area contributed by atoms with E-state index in [1.807, 2.05) is 29.2 Å². The van der Waals surface area contributed by atoms with Gasteiger partial charge in [0.05, 0.1) is 0 Å². The SMILES string of the molecule is O=C(CC12CC(F)(C1)C2)N(CC12CCC(c3nc(C4CC4)no3)(CC1)CC2)c1cccc(Br)c1. The largest absolute Gasteiger partial charge is 0.339 e. The van der Waals surface area contributed by atoms with E-state index in [2.05, 4.69) is 21.1 Å². The van der Waals surface area contributed by atoms with Crippen LogP contribution < -0.4 is 4.90 Å². The predicted molar refractivity (Wildman–Crippen MR) is 129 cm³/mol. The third-order valence-electron chi connectivity index (χ3n) is 9.76. The van der Waals surface area contributed by atoms with Crippen LogP contribution in [0.3, 0.4) is 0 Å².